The minimum atomic E-state index is -0.193. The molecule has 0 bridgehead atoms. The van der Waals surface area contributed by atoms with Crippen molar-refractivity contribution in [3.05, 3.63) is 53.9 Å². The van der Waals surface area contributed by atoms with E-state index in [2.05, 4.69) is 22.1 Å². The minimum Gasteiger partial charge on any atom is -0.357 e. The lowest BCUT2D eigenvalue weighted by Crippen LogP contribution is -2.13. The fraction of sp³-hybridized carbons (Fsp3) is 0.0714. The zero-order valence-electron chi connectivity index (χ0n) is 9.73. The monoisotopic (exact) mass is 239 g/mol. The number of carbonyl (C=O) groups is 1. The van der Waals surface area contributed by atoms with Gasteiger partial charge in [-0.3, -0.25) is 4.79 Å². The number of nitrogens with two attached hydrogens (primary N) is 1. The summed E-state index contributed by atoms with van der Waals surface area (Å²) in [5, 5.41) is 2.81. The zero-order valence-corrected chi connectivity index (χ0v) is 9.73. The number of aromatic nitrogens is 1. The number of H-pyrrole nitrogens is 1. The number of nitrogens with one attached hydrogen (secondary N) is 2. The maximum absolute atomic E-state index is 11.9. The number of hydrogen-bond acceptors (Lipinski definition) is 2. The van der Waals surface area contributed by atoms with Gasteiger partial charge in [0.1, 0.15) is 5.69 Å². The molecule has 0 aliphatic carbocycles. The van der Waals surface area contributed by atoms with Gasteiger partial charge in [-0.2, -0.15) is 0 Å². The Morgan fingerprint density at radius 3 is 2.83 bits per heavy atom. The number of aromatic amines is 1. The molecule has 0 aliphatic rings. The van der Waals surface area contributed by atoms with Crippen molar-refractivity contribution in [3.63, 3.8) is 0 Å². The van der Waals surface area contributed by atoms with Gasteiger partial charge in [0.2, 0.25) is 0 Å². The molecule has 2 rings (SSSR count). The molecule has 0 unspecified atom stereocenters. The Bertz CT molecular complexity index is 591. The Kier molecular flexibility index (Phi) is 3.79. The molecule has 0 radical (unpaired) electrons. The Hall–Kier alpha value is -2.51. The third kappa shape index (κ3) is 2.78. The van der Waals surface area contributed by atoms with Crippen molar-refractivity contribution >= 4 is 11.6 Å². The van der Waals surface area contributed by atoms with E-state index in [4.69, 9.17) is 5.73 Å². The maximum Gasteiger partial charge on any atom is 0.272 e. The molecule has 0 saturated heterocycles. The molecule has 0 atom stereocenters. The topological polar surface area (TPSA) is 70.9 Å². The fourth-order valence-electron chi connectivity index (χ4n) is 1.51. The molecule has 1 aromatic carbocycles. The van der Waals surface area contributed by atoms with Crippen molar-refractivity contribution in [3.8, 4) is 11.8 Å². The molecule has 1 aromatic heterocycles. The molecule has 4 heteroatoms. The van der Waals surface area contributed by atoms with Crippen LogP contribution in [0.1, 0.15) is 16.1 Å². The molecule has 2 aromatic rings. The first-order chi connectivity index (χ1) is 8.81. The number of benzene rings is 1. The number of anilines is 1. The summed E-state index contributed by atoms with van der Waals surface area (Å²) < 4.78 is 0. The molecular weight excluding hydrogens is 226 g/mol. The summed E-state index contributed by atoms with van der Waals surface area (Å²) >= 11 is 0. The molecule has 4 nitrogen and oxygen atoms in total. The molecule has 1 amide bonds. The highest BCUT2D eigenvalue weighted by Gasteiger charge is 2.07. The first-order valence-corrected chi connectivity index (χ1v) is 5.54. The lowest BCUT2D eigenvalue weighted by atomic mass is 10.2. The molecule has 0 aliphatic heterocycles. The summed E-state index contributed by atoms with van der Waals surface area (Å²) in [6, 6.07) is 10.8. The third-order valence-electron chi connectivity index (χ3n) is 2.34. The van der Waals surface area contributed by atoms with Crippen molar-refractivity contribution < 1.29 is 4.79 Å². The zero-order chi connectivity index (χ0) is 12.8. The number of amides is 1. The molecule has 18 heavy (non-hydrogen) atoms. The quantitative estimate of drug-likeness (QED) is 0.696. The standard InChI is InChI=1S/C14H13N3O/c15-9-3-6-11-5-1-2-7-12(11)17-14(18)13-8-4-10-16-13/h1-2,4-5,7-8,10,16H,9,15H2,(H,17,18). The number of rotatable bonds is 2. The van der Waals surface area contributed by atoms with Crippen LogP contribution in [0.2, 0.25) is 0 Å². The van der Waals surface area contributed by atoms with E-state index in [1.807, 2.05) is 18.2 Å². The van der Waals surface area contributed by atoms with Crippen molar-refractivity contribution in [2.24, 2.45) is 5.73 Å². The van der Waals surface area contributed by atoms with E-state index in [0.29, 0.717) is 17.9 Å². The Balaban J connectivity index is 2.21. The van der Waals surface area contributed by atoms with Gasteiger partial charge in [0.15, 0.2) is 0 Å². The highest BCUT2D eigenvalue weighted by Crippen LogP contribution is 2.14. The summed E-state index contributed by atoms with van der Waals surface area (Å²) in [4.78, 5) is 14.7. The van der Waals surface area contributed by atoms with Crippen molar-refractivity contribution in [2.75, 3.05) is 11.9 Å². The van der Waals surface area contributed by atoms with Crippen LogP contribution in [0, 0.1) is 11.8 Å². The van der Waals surface area contributed by atoms with Crippen LogP contribution in [0.5, 0.6) is 0 Å². The molecule has 0 fully saturated rings. The molecular formula is C14H13N3O. The first-order valence-electron chi connectivity index (χ1n) is 5.54. The van der Waals surface area contributed by atoms with Crippen LogP contribution in [-0.2, 0) is 0 Å². The SMILES string of the molecule is NCC#Cc1ccccc1NC(=O)c1ccc[nH]1. The largest absolute Gasteiger partial charge is 0.357 e. The second kappa shape index (κ2) is 5.71. The highest BCUT2D eigenvalue weighted by atomic mass is 16.1. The average molecular weight is 239 g/mol. The van der Waals surface area contributed by atoms with Crippen LogP contribution >= 0.6 is 0 Å². The van der Waals surface area contributed by atoms with E-state index in [0.717, 1.165) is 5.56 Å². The summed E-state index contributed by atoms with van der Waals surface area (Å²) in [5.74, 6) is 5.50. The van der Waals surface area contributed by atoms with Gasteiger partial charge in [-0.15, -0.1) is 0 Å². The lowest BCUT2D eigenvalue weighted by molar-refractivity contribution is 0.102. The van der Waals surface area contributed by atoms with Crippen molar-refractivity contribution in [1.29, 1.82) is 0 Å². The van der Waals surface area contributed by atoms with Crippen LogP contribution in [0.3, 0.4) is 0 Å². The predicted molar refractivity (Wildman–Crippen MR) is 71.1 cm³/mol. The molecule has 0 saturated carbocycles. The average Bonchev–Trinajstić information content (AvgIpc) is 2.91. The van der Waals surface area contributed by atoms with Crippen molar-refractivity contribution in [2.45, 2.75) is 0 Å². The van der Waals surface area contributed by atoms with Crippen LogP contribution in [0.25, 0.3) is 0 Å². The van der Waals surface area contributed by atoms with Crippen molar-refractivity contribution in [1.82, 2.24) is 4.98 Å². The smallest absolute Gasteiger partial charge is 0.272 e. The van der Waals surface area contributed by atoms with Gasteiger partial charge >= 0.3 is 0 Å². The first kappa shape index (κ1) is 12.0. The normalized spacial score (nSPS) is 9.39. The van der Waals surface area contributed by atoms with E-state index in [-0.39, 0.29) is 5.91 Å². The summed E-state index contributed by atoms with van der Waals surface area (Å²) in [6.45, 7) is 0.291. The van der Waals surface area contributed by atoms with Gasteiger partial charge < -0.3 is 16.0 Å². The van der Waals surface area contributed by atoms with Gasteiger partial charge in [0, 0.05) is 11.8 Å². The van der Waals surface area contributed by atoms with E-state index in [1.165, 1.54) is 0 Å². The molecule has 1 heterocycles. The summed E-state index contributed by atoms with van der Waals surface area (Å²) in [5.41, 5.74) is 7.28. The third-order valence-corrected chi connectivity index (χ3v) is 2.34. The summed E-state index contributed by atoms with van der Waals surface area (Å²) in [6.07, 6.45) is 1.70. The van der Waals surface area contributed by atoms with E-state index in [1.54, 1.807) is 24.4 Å². The van der Waals surface area contributed by atoms with E-state index >= 15 is 0 Å². The van der Waals surface area contributed by atoms with Crippen LogP contribution in [0.15, 0.2) is 42.6 Å². The Morgan fingerprint density at radius 2 is 2.11 bits per heavy atom. The predicted octanol–water partition coefficient (Wildman–Crippen LogP) is 1.58. The number of carbonyl (C=O) groups excluding carboxylic acids is 1. The number of para-hydroxylation sites is 1. The fourth-order valence-corrected chi connectivity index (χ4v) is 1.51. The van der Waals surface area contributed by atoms with Gasteiger partial charge in [-0.25, -0.2) is 0 Å². The second-order valence-electron chi connectivity index (χ2n) is 3.59. The van der Waals surface area contributed by atoms with Crippen LogP contribution < -0.4 is 11.1 Å². The Morgan fingerprint density at radius 1 is 1.28 bits per heavy atom. The van der Waals surface area contributed by atoms with Gasteiger partial charge in [-0.1, -0.05) is 24.0 Å². The lowest BCUT2D eigenvalue weighted by Gasteiger charge is -2.06. The van der Waals surface area contributed by atoms with Gasteiger partial charge in [0.05, 0.1) is 12.2 Å². The van der Waals surface area contributed by atoms with Crippen LogP contribution in [0.4, 0.5) is 5.69 Å². The van der Waals surface area contributed by atoms with Gasteiger partial charge in [0.25, 0.3) is 5.91 Å². The highest BCUT2D eigenvalue weighted by molar-refractivity contribution is 6.03. The molecule has 0 spiro atoms. The second-order valence-corrected chi connectivity index (χ2v) is 3.59. The van der Waals surface area contributed by atoms with E-state index < -0.39 is 0 Å². The maximum atomic E-state index is 11.9. The van der Waals surface area contributed by atoms with E-state index in [9.17, 15) is 4.79 Å². The molecule has 4 N–H and O–H groups in total. The number of hydrogen-bond donors (Lipinski definition) is 3. The minimum absolute atomic E-state index is 0.193. The molecule has 90 valence electrons. The summed E-state index contributed by atoms with van der Waals surface area (Å²) in [7, 11) is 0. The Labute approximate surface area is 105 Å². The van der Waals surface area contributed by atoms with Crippen LogP contribution in [-0.4, -0.2) is 17.4 Å². The van der Waals surface area contributed by atoms with Gasteiger partial charge in [-0.05, 0) is 24.3 Å².